The normalized spacial score (nSPS) is 22.1. The summed E-state index contributed by atoms with van der Waals surface area (Å²) in [5.41, 5.74) is 6.74. The fourth-order valence-electron chi connectivity index (χ4n) is 3.07. The lowest BCUT2D eigenvalue weighted by Gasteiger charge is -2.29. The van der Waals surface area contributed by atoms with Gasteiger partial charge in [-0.25, -0.2) is 0 Å². The molecule has 2 N–H and O–H groups in total. The van der Waals surface area contributed by atoms with Gasteiger partial charge in [0.2, 0.25) is 0 Å². The van der Waals surface area contributed by atoms with Crippen molar-refractivity contribution in [1.29, 1.82) is 0 Å². The van der Waals surface area contributed by atoms with E-state index in [-0.39, 0.29) is 6.10 Å². The summed E-state index contributed by atoms with van der Waals surface area (Å²) in [4.78, 5) is 0. The second-order valence-electron chi connectivity index (χ2n) is 5.80. The average molecular weight is 312 g/mol. The van der Waals surface area contributed by atoms with Gasteiger partial charge in [-0.3, -0.25) is 0 Å². The van der Waals surface area contributed by atoms with E-state index in [2.05, 4.69) is 6.92 Å². The summed E-state index contributed by atoms with van der Waals surface area (Å²) in [6.07, 6.45) is 7.04. The fourth-order valence-corrected chi connectivity index (χ4v) is 3.30. The minimum Gasteiger partial charge on any atom is -0.493 e. The third kappa shape index (κ3) is 4.27. The van der Waals surface area contributed by atoms with Gasteiger partial charge >= 0.3 is 0 Å². The summed E-state index contributed by atoms with van der Waals surface area (Å²) in [7, 11) is 1.65. The van der Waals surface area contributed by atoms with Crippen LogP contribution >= 0.6 is 11.6 Å². The molecular formula is C17H26ClNO2. The molecule has 0 amide bonds. The van der Waals surface area contributed by atoms with E-state index in [1.165, 1.54) is 19.3 Å². The first-order chi connectivity index (χ1) is 10.2. The molecule has 0 heterocycles. The number of ether oxygens (including phenoxy) is 2. The first-order valence-corrected chi connectivity index (χ1v) is 8.28. The molecule has 1 saturated carbocycles. The van der Waals surface area contributed by atoms with Crippen LogP contribution in [0.4, 0.5) is 0 Å². The summed E-state index contributed by atoms with van der Waals surface area (Å²) in [5, 5.41) is 0.664. The molecule has 1 aromatic rings. The predicted octanol–water partition coefficient (Wildman–Crippen LogP) is 4.20. The lowest BCUT2D eigenvalue weighted by atomic mass is 9.86. The molecule has 0 aliphatic heterocycles. The largest absolute Gasteiger partial charge is 0.493 e. The van der Waals surface area contributed by atoms with Crippen LogP contribution in [0.3, 0.4) is 0 Å². The van der Waals surface area contributed by atoms with Crippen molar-refractivity contribution >= 4 is 11.6 Å². The number of halogens is 1. The van der Waals surface area contributed by atoms with Gasteiger partial charge in [-0.2, -0.15) is 0 Å². The molecule has 1 aliphatic rings. The van der Waals surface area contributed by atoms with Crippen LogP contribution in [0, 0.1) is 5.92 Å². The van der Waals surface area contributed by atoms with Crippen LogP contribution in [-0.2, 0) is 6.42 Å². The Morgan fingerprint density at radius 1 is 1.24 bits per heavy atom. The Balaban J connectivity index is 2.14. The molecule has 2 rings (SSSR count). The minimum absolute atomic E-state index is 0.277. The minimum atomic E-state index is 0.277. The molecule has 0 bridgehead atoms. The van der Waals surface area contributed by atoms with Gasteiger partial charge in [0.05, 0.1) is 13.2 Å². The molecule has 3 nitrogen and oxygen atoms in total. The second-order valence-corrected chi connectivity index (χ2v) is 6.24. The van der Waals surface area contributed by atoms with Crippen LogP contribution in [0.25, 0.3) is 0 Å². The smallest absolute Gasteiger partial charge is 0.164 e. The SMILES string of the molecule is CCC1CCC(Oc2c(CCN)cc(Cl)cc2OC)CC1. The Morgan fingerprint density at radius 3 is 2.52 bits per heavy atom. The Morgan fingerprint density at radius 2 is 1.95 bits per heavy atom. The van der Waals surface area contributed by atoms with Gasteiger partial charge in [-0.15, -0.1) is 0 Å². The quantitative estimate of drug-likeness (QED) is 0.856. The zero-order valence-corrected chi connectivity index (χ0v) is 13.8. The van der Waals surface area contributed by atoms with Crippen LogP contribution in [0.5, 0.6) is 11.5 Å². The van der Waals surface area contributed by atoms with Gasteiger partial charge in [-0.1, -0.05) is 24.9 Å². The van der Waals surface area contributed by atoms with E-state index in [1.807, 2.05) is 12.1 Å². The molecule has 0 spiro atoms. The third-order valence-corrected chi connectivity index (χ3v) is 4.60. The highest BCUT2D eigenvalue weighted by atomic mass is 35.5. The van der Waals surface area contributed by atoms with Crippen LogP contribution in [-0.4, -0.2) is 19.8 Å². The number of hydrogen-bond acceptors (Lipinski definition) is 3. The molecule has 0 radical (unpaired) electrons. The van der Waals surface area contributed by atoms with Crippen molar-refractivity contribution in [2.75, 3.05) is 13.7 Å². The van der Waals surface area contributed by atoms with Crippen molar-refractivity contribution in [2.24, 2.45) is 11.7 Å². The summed E-state index contributed by atoms with van der Waals surface area (Å²) < 4.78 is 11.7. The van der Waals surface area contributed by atoms with E-state index in [9.17, 15) is 0 Å². The lowest BCUT2D eigenvalue weighted by molar-refractivity contribution is 0.125. The van der Waals surface area contributed by atoms with E-state index < -0.39 is 0 Å². The van der Waals surface area contributed by atoms with Crippen LogP contribution in [0.15, 0.2) is 12.1 Å². The Kier molecular flexibility index (Phi) is 6.19. The Labute approximate surface area is 132 Å². The Bertz CT molecular complexity index is 456. The molecule has 0 aromatic heterocycles. The van der Waals surface area contributed by atoms with Gasteiger partial charge < -0.3 is 15.2 Å². The monoisotopic (exact) mass is 311 g/mol. The van der Waals surface area contributed by atoms with Crippen LogP contribution < -0.4 is 15.2 Å². The molecule has 118 valence electrons. The molecule has 1 fully saturated rings. The zero-order valence-electron chi connectivity index (χ0n) is 13.0. The highest BCUT2D eigenvalue weighted by Crippen LogP contribution is 2.38. The first kappa shape index (κ1) is 16.4. The van der Waals surface area contributed by atoms with E-state index in [0.717, 1.165) is 36.5 Å². The van der Waals surface area contributed by atoms with E-state index in [1.54, 1.807) is 7.11 Å². The standard InChI is InChI=1S/C17H26ClNO2/c1-3-12-4-6-15(7-5-12)21-17-13(8-9-19)10-14(18)11-16(17)20-2/h10-12,15H,3-9,19H2,1-2H3. The Hall–Kier alpha value is -0.930. The fraction of sp³-hybridized carbons (Fsp3) is 0.647. The summed E-state index contributed by atoms with van der Waals surface area (Å²) in [6, 6.07) is 3.75. The zero-order chi connectivity index (χ0) is 15.2. The van der Waals surface area contributed by atoms with Crippen molar-refractivity contribution in [1.82, 2.24) is 0 Å². The molecule has 0 atom stereocenters. The van der Waals surface area contributed by atoms with Crippen molar-refractivity contribution < 1.29 is 9.47 Å². The van der Waals surface area contributed by atoms with E-state index in [4.69, 9.17) is 26.8 Å². The molecule has 21 heavy (non-hydrogen) atoms. The topological polar surface area (TPSA) is 44.5 Å². The van der Waals surface area contributed by atoms with Crippen molar-refractivity contribution in [3.8, 4) is 11.5 Å². The van der Waals surface area contributed by atoms with Crippen LogP contribution in [0.1, 0.15) is 44.6 Å². The van der Waals surface area contributed by atoms with Crippen molar-refractivity contribution in [2.45, 2.75) is 51.6 Å². The van der Waals surface area contributed by atoms with Gasteiger partial charge in [0, 0.05) is 16.7 Å². The van der Waals surface area contributed by atoms with Crippen molar-refractivity contribution in [3.05, 3.63) is 22.7 Å². The highest BCUT2D eigenvalue weighted by Gasteiger charge is 2.23. The molecule has 0 unspecified atom stereocenters. The number of nitrogens with two attached hydrogens (primary N) is 1. The van der Waals surface area contributed by atoms with Gasteiger partial charge in [0.15, 0.2) is 11.5 Å². The highest BCUT2D eigenvalue weighted by molar-refractivity contribution is 6.30. The van der Waals surface area contributed by atoms with E-state index >= 15 is 0 Å². The first-order valence-electron chi connectivity index (χ1n) is 7.91. The molecule has 1 aliphatic carbocycles. The molecule has 0 saturated heterocycles. The maximum atomic E-state index is 6.27. The third-order valence-electron chi connectivity index (χ3n) is 4.39. The molecule has 1 aromatic carbocycles. The maximum Gasteiger partial charge on any atom is 0.164 e. The number of benzene rings is 1. The van der Waals surface area contributed by atoms with E-state index in [0.29, 0.717) is 17.3 Å². The number of hydrogen-bond donors (Lipinski definition) is 1. The average Bonchev–Trinajstić information content (AvgIpc) is 2.50. The van der Waals surface area contributed by atoms with Gasteiger partial charge in [0.25, 0.3) is 0 Å². The number of rotatable bonds is 6. The molecular weight excluding hydrogens is 286 g/mol. The van der Waals surface area contributed by atoms with Gasteiger partial charge in [-0.05, 0) is 50.6 Å². The maximum absolute atomic E-state index is 6.27. The molecule has 4 heteroatoms. The van der Waals surface area contributed by atoms with Crippen molar-refractivity contribution in [3.63, 3.8) is 0 Å². The number of methoxy groups -OCH3 is 1. The summed E-state index contributed by atoms with van der Waals surface area (Å²) >= 11 is 6.14. The predicted molar refractivity (Wildman–Crippen MR) is 87.4 cm³/mol. The summed E-state index contributed by atoms with van der Waals surface area (Å²) in [6.45, 7) is 2.84. The van der Waals surface area contributed by atoms with Gasteiger partial charge in [0.1, 0.15) is 0 Å². The summed E-state index contributed by atoms with van der Waals surface area (Å²) in [5.74, 6) is 2.40. The second kappa shape index (κ2) is 7.90. The lowest BCUT2D eigenvalue weighted by Crippen LogP contribution is -2.24. The van der Waals surface area contributed by atoms with Crippen LogP contribution in [0.2, 0.25) is 5.02 Å².